The summed E-state index contributed by atoms with van der Waals surface area (Å²) in [5.74, 6) is 0.596. The maximum Gasteiger partial charge on any atom is 0.229 e. The molecule has 0 aliphatic carbocycles. The molecule has 2 saturated heterocycles. The second-order valence-corrected chi connectivity index (χ2v) is 11.9. The van der Waals surface area contributed by atoms with Crippen LogP contribution in [0.3, 0.4) is 0 Å². The Hall–Kier alpha value is -2.84. The lowest BCUT2D eigenvalue weighted by Crippen LogP contribution is -2.60. The van der Waals surface area contributed by atoms with E-state index in [4.69, 9.17) is 33.2 Å². The minimum Gasteiger partial charge on any atom is -0.493 e. The van der Waals surface area contributed by atoms with E-state index in [2.05, 4.69) is 0 Å². The molecule has 2 fully saturated rings. The van der Waals surface area contributed by atoms with Crippen LogP contribution >= 0.6 is 0 Å². The van der Waals surface area contributed by atoms with E-state index in [0.717, 1.165) is 5.56 Å². The summed E-state index contributed by atoms with van der Waals surface area (Å²) in [6.07, 6.45) is -14.5. The summed E-state index contributed by atoms with van der Waals surface area (Å²) in [6.45, 7) is -1.39. The average molecular weight is 685 g/mol. The fourth-order valence-corrected chi connectivity index (χ4v) is 6.17. The molecular weight excluding hydrogens is 640 g/mol. The lowest BCUT2D eigenvalue weighted by Gasteiger charge is -2.40. The first kappa shape index (κ1) is 36.4. The number of ether oxygens (including phenoxy) is 7. The summed E-state index contributed by atoms with van der Waals surface area (Å²) >= 11 is 0. The van der Waals surface area contributed by atoms with Crippen LogP contribution in [0.15, 0.2) is 30.3 Å². The van der Waals surface area contributed by atoms with Crippen LogP contribution in [-0.2, 0) is 20.6 Å². The molecule has 3 heterocycles. The van der Waals surface area contributed by atoms with Crippen LogP contribution in [0.4, 0.5) is 0 Å². The lowest BCUT2D eigenvalue weighted by molar-refractivity contribution is -0.302. The SMILES string of the molecule is COc1cc([C@@H]2Oc3c(OC)cc(CCCO)cc3[C@H]2CO[C@@H]2O[C@H](CO)[C@@H](O)[C@H](O)[C@H]2O)ccc1O[C@@H]1O[C@H](CO)[C@@H](O)[C@H](O)[C@H]1O. The number of aliphatic hydroxyl groups is 9. The predicted molar refractivity (Wildman–Crippen MR) is 162 cm³/mol. The first-order valence-corrected chi connectivity index (χ1v) is 15.6. The third-order valence-electron chi connectivity index (χ3n) is 8.89. The number of rotatable bonds is 13. The average Bonchev–Trinajstić information content (AvgIpc) is 3.47. The van der Waals surface area contributed by atoms with E-state index in [0.29, 0.717) is 35.5 Å². The van der Waals surface area contributed by atoms with Gasteiger partial charge in [0.25, 0.3) is 0 Å². The second-order valence-electron chi connectivity index (χ2n) is 11.9. The Morgan fingerprint density at radius 2 is 1.31 bits per heavy atom. The van der Waals surface area contributed by atoms with Crippen molar-refractivity contribution in [2.24, 2.45) is 0 Å². The van der Waals surface area contributed by atoms with E-state index >= 15 is 0 Å². The number of fused-ring (bicyclic) bond motifs is 1. The molecular formula is C32H44O16. The van der Waals surface area contributed by atoms with Crippen LogP contribution in [0.25, 0.3) is 0 Å². The van der Waals surface area contributed by atoms with Gasteiger partial charge in [-0.15, -0.1) is 0 Å². The fraction of sp³-hybridized carbons (Fsp3) is 0.625. The van der Waals surface area contributed by atoms with Crippen molar-refractivity contribution in [3.63, 3.8) is 0 Å². The van der Waals surface area contributed by atoms with Crippen molar-refractivity contribution >= 4 is 0 Å². The number of methoxy groups -OCH3 is 2. The van der Waals surface area contributed by atoms with Crippen molar-refractivity contribution in [1.29, 1.82) is 0 Å². The van der Waals surface area contributed by atoms with Gasteiger partial charge in [0.2, 0.25) is 6.29 Å². The fourth-order valence-electron chi connectivity index (χ4n) is 6.17. The van der Waals surface area contributed by atoms with Gasteiger partial charge in [-0.2, -0.15) is 0 Å². The summed E-state index contributed by atoms with van der Waals surface area (Å²) in [6, 6.07) is 8.53. The van der Waals surface area contributed by atoms with Crippen LogP contribution < -0.4 is 18.9 Å². The molecule has 0 amide bonds. The maximum absolute atomic E-state index is 10.6. The van der Waals surface area contributed by atoms with Crippen molar-refractivity contribution in [3.05, 3.63) is 47.0 Å². The Morgan fingerprint density at radius 1 is 0.688 bits per heavy atom. The number of hydrogen-bond acceptors (Lipinski definition) is 16. The normalized spacial score (nSPS) is 34.7. The Kier molecular flexibility index (Phi) is 12.0. The van der Waals surface area contributed by atoms with Gasteiger partial charge in [0.15, 0.2) is 29.3 Å². The number of hydrogen-bond donors (Lipinski definition) is 9. The summed E-state index contributed by atoms with van der Waals surface area (Å²) in [7, 11) is 2.88. The molecule has 0 saturated carbocycles. The van der Waals surface area contributed by atoms with Crippen LogP contribution in [0, 0.1) is 0 Å². The first-order chi connectivity index (χ1) is 23.1. The van der Waals surface area contributed by atoms with Gasteiger partial charge in [0.05, 0.1) is 40.0 Å². The highest BCUT2D eigenvalue weighted by molar-refractivity contribution is 5.56. The molecule has 0 bridgehead atoms. The Bertz CT molecular complexity index is 1360. The van der Waals surface area contributed by atoms with Crippen molar-refractivity contribution in [1.82, 2.24) is 0 Å². The molecule has 0 unspecified atom stereocenters. The Balaban J connectivity index is 1.45. The van der Waals surface area contributed by atoms with Gasteiger partial charge < -0.3 is 79.1 Å². The molecule has 12 atom stereocenters. The van der Waals surface area contributed by atoms with Crippen molar-refractivity contribution < 1.29 is 79.1 Å². The van der Waals surface area contributed by atoms with Gasteiger partial charge in [0.1, 0.15) is 54.9 Å². The standard InChI is InChI=1S/C32H44O16/c1-42-19-10-15(5-6-18(19)45-32-28(41)26(39)24(37)22(12-35)47-32)29-17(13-44-31-27(40)25(38)23(36)21(11-34)46-31)16-8-14(4-3-7-33)9-20(43-2)30(16)48-29/h5-6,8-10,17,21-29,31-41H,3-4,7,11-13H2,1-2H3/t17-,21-,22-,23-,24-,25+,26+,27-,28-,29+,31-,32-/m1/s1. The van der Waals surface area contributed by atoms with Crippen molar-refractivity contribution in [3.8, 4) is 23.0 Å². The summed E-state index contributed by atoms with van der Waals surface area (Å²) in [5, 5.41) is 90.4. The van der Waals surface area contributed by atoms with Crippen molar-refractivity contribution in [2.75, 3.05) is 40.6 Å². The Labute approximate surface area is 276 Å². The lowest BCUT2D eigenvalue weighted by atomic mass is 9.90. The monoisotopic (exact) mass is 684 g/mol. The van der Waals surface area contributed by atoms with Gasteiger partial charge in [0, 0.05) is 12.2 Å². The first-order valence-electron chi connectivity index (χ1n) is 15.6. The molecule has 2 aromatic rings. The minimum atomic E-state index is -1.64. The van der Waals surface area contributed by atoms with Gasteiger partial charge in [-0.1, -0.05) is 12.1 Å². The van der Waals surface area contributed by atoms with E-state index in [1.807, 2.05) is 12.1 Å². The molecule has 16 nitrogen and oxygen atoms in total. The summed E-state index contributed by atoms with van der Waals surface area (Å²) < 4.78 is 40.5. The highest BCUT2D eigenvalue weighted by Crippen LogP contribution is 2.52. The molecule has 268 valence electrons. The smallest absolute Gasteiger partial charge is 0.229 e. The molecule has 0 spiro atoms. The number of aryl methyl sites for hydroxylation is 1. The topological polar surface area (TPSA) is 247 Å². The molecule has 0 aromatic heterocycles. The summed E-state index contributed by atoms with van der Waals surface area (Å²) in [4.78, 5) is 0. The molecule has 3 aliphatic heterocycles. The van der Waals surface area contributed by atoms with E-state index in [9.17, 15) is 46.0 Å². The van der Waals surface area contributed by atoms with Crippen LogP contribution in [0.5, 0.6) is 23.0 Å². The van der Waals surface area contributed by atoms with E-state index < -0.39 is 86.6 Å². The molecule has 48 heavy (non-hydrogen) atoms. The zero-order valence-electron chi connectivity index (χ0n) is 26.4. The number of aliphatic hydroxyl groups excluding tert-OH is 9. The second kappa shape index (κ2) is 15.8. The zero-order chi connectivity index (χ0) is 34.7. The summed E-state index contributed by atoms with van der Waals surface area (Å²) in [5.41, 5.74) is 2.13. The minimum absolute atomic E-state index is 0.0144. The van der Waals surface area contributed by atoms with E-state index in [-0.39, 0.29) is 24.7 Å². The van der Waals surface area contributed by atoms with Crippen LogP contribution in [0.2, 0.25) is 0 Å². The van der Waals surface area contributed by atoms with Gasteiger partial charge in [-0.05, 0) is 42.2 Å². The highest BCUT2D eigenvalue weighted by atomic mass is 16.7. The van der Waals surface area contributed by atoms with Gasteiger partial charge in [-0.3, -0.25) is 0 Å². The molecule has 0 radical (unpaired) electrons. The molecule has 3 aliphatic rings. The van der Waals surface area contributed by atoms with Crippen LogP contribution in [-0.4, -0.2) is 148 Å². The number of benzene rings is 2. The molecule has 16 heteroatoms. The quantitative estimate of drug-likeness (QED) is 0.109. The maximum atomic E-state index is 10.6. The van der Waals surface area contributed by atoms with Crippen LogP contribution in [0.1, 0.15) is 35.1 Å². The third-order valence-corrected chi connectivity index (χ3v) is 8.89. The third kappa shape index (κ3) is 7.21. The van der Waals surface area contributed by atoms with E-state index in [1.165, 1.54) is 20.3 Å². The molecule has 9 N–H and O–H groups in total. The van der Waals surface area contributed by atoms with Crippen molar-refractivity contribution in [2.45, 2.75) is 86.3 Å². The van der Waals surface area contributed by atoms with Gasteiger partial charge in [-0.25, -0.2) is 0 Å². The van der Waals surface area contributed by atoms with Gasteiger partial charge >= 0.3 is 0 Å². The molecule has 5 rings (SSSR count). The largest absolute Gasteiger partial charge is 0.493 e. The van der Waals surface area contributed by atoms with E-state index in [1.54, 1.807) is 12.1 Å². The zero-order valence-corrected chi connectivity index (χ0v) is 26.4. The Morgan fingerprint density at radius 3 is 1.92 bits per heavy atom. The molecule has 2 aromatic carbocycles. The predicted octanol–water partition coefficient (Wildman–Crippen LogP) is -2.16. The highest BCUT2D eigenvalue weighted by Gasteiger charge is 2.47.